The van der Waals surface area contributed by atoms with E-state index in [0.717, 1.165) is 34.1 Å². The third kappa shape index (κ3) is 8.86. The molecule has 0 aliphatic rings. The Morgan fingerprint density at radius 3 is 2.13 bits per heavy atom. The van der Waals surface area contributed by atoms with E-state index in [1.807, 2.05) is 51.1 Å². The van der Waals surface area contributed by atoms with E-state index in [-0.39, 0.29) is 29.6 Å². The van der Waals surface area contributed by atoms with Gasteiger partial charge in [0.1, 0.15) is 24.2 Å². The van der Waals surface area contributed by atoms with Crippen molar-refractivity contribution in [3.63, 3.8) is 0 Å². The summed E-state index contributed by atoms with van der Waals surface area (Å²) in [4.78, 5) is 29.4. The molecule has 0 heterocycles. The maximum absolute atomic E-state index is 14.5. The smallest absolute Gasteiger partial charge is 0.264 e. The number of benzene rings is 4. The molecule has 2 amide bonds. The molecule has 0 aliphatic heterocycles. The highest BCUT2D eigenvalue weighted by atomic mass is 35.5. The number of hydrogen-bond donors (Lipinski definition) is 1. The maximum atomic E-state index is 14.5. The van der Waals surface area contributed by atoms with Gasteiger partial charge in [0, 0.05) is 24.0 Å². The second-order valence-electron chi connectivity index (χ2n) is 10.9. The molecule has 4 rings (SSSR count). The van der Waals surface area contributed by atoms with Crippen LogP contribution < -0.4 is 14.4 Å². The van der Waals surface area contributed by atoms with E-state index in [4.69, 9.17) is 16.3 Å². The van der Waals surface area contributed by atoms with Gasteiger partial charge in [-0.05, 0) is 86.5 Å². The lowest BCUT2D eigenvalue weighted by Crippen LogP contribution is -2.54. The van der Waals surface area contributed by atoms with E-state index in [0.29, 0.717) is 22.9 Å². The van der Waals surface area contributed by atoms with Crippen LogP contribution in [0.1, 0.15) is 31.9 Å². The highest BCUT2D eigenvalue weighted by Crippen LogP contribution is 2.28. The molecule has 0 unspecified atom stereocenters. The monoisotopic (exact) mass is 665 g/mol. The van der Waals surface area contributed by atoms with Crippen molar-refractivity contribution in [1.82, 2.24) is 10.2 Å². The van der Waals surface area contributed by atoms with Crippen molar-refractivity contribution in [1.29, 1.82) is 0 Å². The summed E-state index contributed by atoms with van der Waals surface area (Å²) in [5.74, 6) is -1.12. The van der Waals surface area contributed by atoms with Crippen LogP contribution >= 0.6 is 11.6 Å². The van der Waals surface area contributed by atoms with Crippen molar-refractivity contribution in [3.05, 3.63) is 125 Å². The molecule has 1 N–H and O–H groups in total. The van der Waals surface area contributed by atoms with Crippen LogP contribution in [0.15, 0.2) is 108 Å². The second kappa shape index (κ2) is 15.7. The first-order valence-electron chi connectivity index (χ1n) is 14.9. The molecule has 0 aliphatic carbocycles. The van der Waals surface area contributed by atoms with Crippen LogP contribution in [-0.4, -0.2) is 50.4 Å². The number of carbonyl (C=O) groups is 2. The minimum absolute atomic E-state index is 0.0603. The Bertz CT molecular complexity index is 1720. The summed E-state index contributed by atoms with van der Waals surface area (Å²) >= 11 is 6.52. The number of anilines is 1. The van der Waals surface area contributed by atoms with E-state index in [1.54, 1.807) is 36.4 Å². The number of sulfonamides is 1. The summed E-state index contributed by atoms with van der Waals surface area (Å²) < 4.78 is 48.4. The Labute approximate surface area is 274 Å². The summed E-state index contributed by atoms with van der Waals surface area (Å²) in [7, 11) is -4.38. The van der Waals surface area contributed by atoms with Crippen molar-refractivity contribution in [2.24, 2.45) is 0 Å². The fraction of sp³-hybridized carbons (Fsp3) is 0.257. The van der Waals surface area contributed by atoms with Gasteiger partial charge in [0.15, 0.2) is 0 Å². The Hall–Kier alpha value is -4.41. The van der Waals surface area contributed by atoms with E-state index >= 15 is 0 Å². The molecule has 0 radical (unpaired) electrons. The fourth-order valence-corrected chi connectivity index (χ4v) is 6.49. The highest BCUT2D eigenvalue weighted by molar-refractivity contribution is 7.92. The number of nitrogens with one attached hydrogen (secondary N) is 1. The van der Waals surface area contributed by atoms with Gasteiger partial charge in [0.05, 0.1) is 17.2 Å². The summed E-state index contributed by atoms with van der Waals surface area (Å²) in [6, 6.07) is 25.6. The average molecular weight is 666 g/mol. The number of ether oxygens (including phenoxy) is 1. The predicted molar refractivity (Wildman–Crippen MR) is 178 cm³/mol. The molecule has 46 heavy (non-hydrogen) atoms. The van der Waals surface area contributed by atoms with Crippen LogP contribution in [-0.2, 0) is 32.6 Å². The Morgan fingerprint density at radius 1 is 0.891 bits per heavy atom. The molecular formula is C35H37ClFN3O5S. The molecule has 4 aromatic carbocycles. The molecule has 0 saturated carbocycles. The van der Waals surface area contributed by atoms with Crippen LogP contribution in [0.4, 0.5) is 10.1 Å². The third-order valence-electron chi connectivity index (χ3n) is 7.12. The van der Waals surface area contributed by atoms with Crippen LogP contribution in [0.25, 0.3) is 0 Å². The number of amides is 2. The zero-order valence-corrected chi connectivity index (χ0v) is 27.5. The lowest BCUT2D eigenvalue weighted by Gasteiger charge is -2.34. The summed E-state index contributed by atoms with van der Waals surface area (Å²) in [6.07, 6.45) is 0.170. The Balaban J connectivity index is 1.81. The molecule has 242 valence electrons. The van der Waals surface area contributed by atoms with Crippen molar-refractivity contribution in [2.45, 2.75) is 50.7 Å². The largest absolute Gasteiger partial charge is 0.494 e. The normalized spacial score (nSPS) is 12.0. The van der Waals surface area contributed by atoms with Gasteiger partial charge >= 0.3 is 0 Å². The number of halogens is 2. The second-order valence-corrected chi connectivity index (χ2v) is 13.1. The zero-order valence-electron chi connectivity index (χ0n) is 25.9. The highest BCUT2D eigenvalue weighted by Gasteiger charge is 2.35. The van der Waals surface area contributed by atoms with Crippen LogP contribution in [0, 0.1) is 5.82 Å². The van der Waals surface area contributed by atoms with Gasteiger partial charge in [-0.2, -0.15) is 0 Å². The quantitative estimate of drug-likeness (QED) is 0.172. The standard InChI is InChI=1S/C35H37ClFN3O5S/c1-4-45-30-18-16-29(17-19-30)40(46(43,44)31-20-14-28(37)15-21-31)24-34(41)39(23-27-12-8-9-13-32(27)36)33(35(42)38-25(2)3)22-26-10-6-5-7-11-26/h5-21,25,33H,4,22-24H2,1-3H3,(H,38,42)/t33-/m0/s1. The van der Waals surface area contributed by atoms with Gasteiger partial charge in [0.2, 0.25) is 11.8 Å². The zero-order chi connectivity index (χ0) is 33.3. The van der Waals surface area contributed by atoms with Gasteiger partial charge in [-0.1, -0.05) is 60.1 Å². The van der Waals surface area contributed by atoms with E-state index < -0.39 is 40.2 Å². The average Bonchev–Trinajstić information content (AvgIpc) is 3.03. The molecular weight excluding hydrogens is 629 g/mol. The molecule has 11 heteroatoms. The first-order valence-corrected chi connectivity index (χ1v) is 16.7. The van der Waals surface area contributed by atoms with Crippen molar-refractivity contribution in [2.75, 3.05) is 17.5 Å². The van der Waals surface area contributed by atoms with Gasteiger partial charge in [-0.15, -0.1) is 0 Å². The molecule has 0 spiro atoms. The Kier molecular flexibility index (Phi) is 11.8. The number of hydrogen-bond acceptors (Lipinski definition) is 5. The van der Waals surface area contributed by atoms with Crippen molar-refractivity contribution < 1.29 is 27.1 Å². The van der Waals surface area contributed by atoms with Crippen LogP contribution in [0.2, 0.25) is 5.02 Å². The summed E-state index contributed by atoms with van der Waals surface area (Å²) in [5.41, 5.74) is 1.58. The number of carbonyl (C=O) groups excluding carboxylic acids is 2. The molecule has 8 nitrogen and oxygen atoms in total. The van der Waals surface area contributed by atoms with Gasteiger partial charge < -0.3 is 15.0 Å². The summed E-state index contributed by atoms with van der Waals surface area (Å²) in [6.45, 7) is 5.16. The first kappa shape index (κ1) is 34.5. The Morgan fingerprint density at radius 2 is 1.52 bits per heavy atom. The van der Waals surface area contributed by atoms with Gasteiger partial charge in [-0.25, -0.2) is 12.8 Å². The van der Waals surface area contributed by atoms with Crippen molar-refractivity contribution >= 4 is 39.1 Å². The summed E-state index contributed by atoms with van der Waals surface area (Å²) in [5, 5.41) is 3.31. The third-order valence-corrected chi connectivity index (χ3v) is 9.27. The molecule has 0 saturated heterocycles. The molecule has 1 atom stereocenters. The molecule has 0 bridgehead atoms. The van der Waals surface area contributed by atoms with Gasteiger partial charge in [0.25, 0.3) is 10.0 Å². The van der Waals surface area contributed by atoms with Crippen molar-refractivity contribution in [3.8, 4) is 5.75 Å². The van der Waals surface area contributed by atoms with Crippen LogP contribution in [0.5, 0.6) is 5.75 Å². The SMILES string of the molecule is CCOc1ccc(N(CC(=O)N(Cc2ccccc2Cl)[C@@H](Cc2ccccc2)C(=O)NC(C)C)S(=O)(=O)c2ccc(F)cc2)cc1. The molecule has 0 aromatic heterocycles. The molecule has 0 fully saturated rings. The van der Waals surface area contributed by atoms with E-state index in [9.17, 15) is 22.4 Å². The minimum atomic E-state index is -4.38. The lowest BCUT2D eigenvalue weighted by molar-refractivity contribution is -0.140. The number of rotatable bonds is 14. The molecule has 4 aromatic rings. The number of nitrogens with zero attached hydrogens (tertiary/aromatic N) is 2. The van der Waals surface area contributed by atoms with Crippen LogP contribution in [0.3, 0.4) is 0 Å². The lowest BCUT2D eigenvalue weighted by atomic mass is 10.0. The first-order chi connectivity index (χ1) is 22.0. The minimum Gasteiger partial charge on any atom is -0.494 e. The maximum Gasteiger partial charge on any atom is 0.264 e. The van der Waals surface area contributed by atoms with Gasteiger partial charge in [-0.3, -0.25) is 13.9 Å². The van der Waals surface area contributed by atoms with E-state index in [1.165, 1.54) is 17.0 Å². The fourth-order valence-electron chi connectivity index (χ4n) is 4.88. The van der Waals surface area contributed by atoms with E-state index in [2.05, 4.69) is 5.32 Å². The predicted octanol–water partition coefficient (Wildman–Crippen LogP) is 6.24. The topological polar surface area (TPSA) is 96.0 Å².